The molecule has 0 radical (unpaired) electrons. The van der Waals surface area contributed by atoms with Gasteiger partial charge in [0.15, 0.2) is 0 Å². The third-order valence-electron chi connectivity index (χ3n) is 2.20. The minimum Gasteiger partial charge on any atom is -0.477 e. The fourth-order valence-corrected chi connectivity index (χ4v) is 1.47. The Balaban J connectivity index is 1.80. The summed E-state index contributed by atoms with van der Waals surface area (Å²) in [6.07, 6.45) is 4.15. The molecule has 1 aliphatic heterocycles. The van der Waals surface area contributed by atoms with E-state index in [1.165, 1.54) is 6.33 Å². The van der Waals surface area contributed by atoms with Crippen molar-refractivity contribution in [1.29, 1.82) is 0 Å². The monoisotopic (exact) mass is 191 g/mol. The van der Waals surface area contributed by atoms with Gasteiger partial charge in [0.25, 0.3) is 0 Å². The normalized spacial score (nSPS) is 20.6. The number of nitrogens with zero attached hydrogens (tertiary/aromatic N) is 2. The number of hydrogen-bond donors (Lipinski definition) is 1. The van der Waals surface area contributed by atoms with Gasteiger partial charge in [-0.25, -0.2) is 9.97 Å². The number of aromatic nitrogens is 2. The third kappa shape index (κ3) is 2.22. The van der Waals surface area contributed by atoms with Crippen LogP contribution < -0.4 is 10.1 Å². The average Bonchev–Trinajstić information content (AvgIpc) is 2.63. The second-order valence-corrected chi connectivity index (χ2v) is 3.41. The van der Waals surface area contributed by atoms with Crippen molar-refractivity contribution in [3.05, 3.63) is 30.9 Å². The Morgan fingerprint density at radius 2 is 2.57 bits per heavy atom. The van der Waals surface area contributed by atoms with Crippen molar-refractivity contribution in [3.63, 3.8) is 0 Å². The molecule has 1 unspecified atom stereocenters. The highest BCUT2D eigenvalue weighted by atomic mass is 16.5. The second kappa shape index (κ2) is 4.09. The summed E-state index contributed by atoms with van der Waals surface area (Å²) in [6, 6.07) is 1.76. The zero-order valence-electron chi connectivity index (χ0n) is 7.94. The lowest BCUT2D eigenvalue weighted by Crippen LogP contribution is -2.15. The fourth-order valence-electron chi connectivity index (χ4n) is 1.47. The molecule has 1 aromatic rings. The molecule has 1 N–H and O–H groups in total. The van der Waals surface area contributed by atoms with E-state index in [1.54, 1.807) is 12.3 Å². The van der Waals surface area contributed by atoms with Gasteiger partial charge in [-0.05, 0) is 6.42 Å². The van der Waals surface area contributed by atoms with Crippen LogP contribution in [-0.4, -0.2) is 23.1 Å². The molecular weight excluding hydrogens is 178 g/mol. The second-order valence-electron chi connectivity index (χ2n) is 3.41. The molecule has 1 saturated heterocycles. The molecule has 1 aromatic heterocycles. The Hall–Kier alpha value is -1.58. The molecule has 0 amide bonds. The molecule has 74 valence electrons. The molecule has 2 heterocycles. The van der Waals surface area contributed by atoms with E-state index in [0.717, 1.165) is 18.7 Å². The molecule has 14 heavy (non-hydrogen) atoms. The summed E-state index contributed by atoms with van der Waals surface area (Å²) < 4.78 is 5.51. The predicted octanol–water partition coefficient (Wildman–Crippen LogP) is 0.979. The maximum atomic E-state index is 5.51. The molecular formula is C10H13N3O. The van der Waals surface area contributed by atoms with E-state index in [-0.39, 0.29) is 0 Å². The van der Waals surface area contributed by atoms with Gasteiger partial charge >= 0.3 is 0 Å². The molecule has 0 aliphatic carbocycles. The van der Waals surface area contributed by atoms with Gasteiger partial charge in [0.2, 0.25) is 5.88 Å². The molecule has 0 saturated carbocycles. The van der Waals surface area contributed by atoms with Crippen LogP contribution in [0.25, 0.3) is 0 Å². The molecule has 1 fully saturated rings. The number of nitrogens with one attached hydrogen (secondary N) is 1. The van der Waals surface area contributed by atoms with Crippen molar-refractivity contribution in [2.75, 3.05) is 13.2 Å². The molecule has 1 aliphatic rings. The van der Waals surface area contributed by atoms with Crippen LogP contribution >= 0.6 is 0 Å². The molecule has 2 rings (SSSR count). The van der Waals surface area contributed by atoms with Crippen LogP contribution in [0.3, 0.4) is 0 Å². The Labute approximate surface area is 83.0 Å². The standard InChI is InChI=1S/C10H13N3O/c1-8-4-9(5-12-8)6-14-10-2-3-11-7-13-10/h2-3,7,9,12H,1,4-6H2. The van der Waals surface area contributed by atoms with Gasteiger partial charge in [0.1, 0.15) is 6.33 Å². The Morgan fingerprint density at radius 1 is 1.64 bits per heavy atom. The highest BCUT2D eigenvalue weighted by molar-refractivity contribution is 5.05. The predicted molar refractivity (Wildman–Crippen MR) is 52.8 cm³/mol. The van der Waals surface area contributed by atoms with Crippen LogP contribution in [0.4, 0.5) is 0 Å². The van der Waals surface area contributed by atoms with Gasteiger partial charge in [-0.15, -0.1) is 0 Å². The van der Waals surface area contributed by atoms with Crippen LogP contribution in [-0.2, 0) is 0 Å². The average molecular weight is 191 g/mol. The van der Waals surface area contributed by atoms with Gasteiger partial charge in [0.05, 0.1) is 6.61 Å². The van der Waals surface area contributed by atoms with Crippen molar-refractivity contribution >= 4 is 0 Å². The Bertz CT molecular complexity index is 312. The van der Waals surface area contributed by atoms with E-state index in [4.69, 9.17) is 4.74 Å². The summed E-state index contributed by atoms with van der Waals surface area (Å²) in [5, 5.41) is 3.20. The largest absolute Gasteiger partial charge is 0.477 e. The minimum absolute atomic E-state index is 0.512. The topological polar surface area (TPSA) is 47.0 Å². The van der Waals surface area contributed by atoms with Crippen molar-refractivity contribution in [2.45, 2.75) is 6.42 Å². The van der Waals surface area contributed by atoms with Crippen LogP contribution in [0, 0.1) is 5.92 Å². The van der Waals surface area contributed by atoms with Crippen LogP contribution in [0.1, 0.15) is 6.42 Å². The molecule has 4 heteroatoms. The maximum absolute atomic E-state index is 5.51. The summed E-state index contributed by atoms with van der Waals surface area (Å²) in [4.78, 5) is 7.80. The smallest absolute Gasteiger partial charge is 0.216 e. The van der Waals surface area contributed by atoms with Crippen LogP contribution in [0.15, 0.2) is 30.9 Å². The van der Waals surface area contributed by atoms with Gasteiger partial charge in [-0.2, -0.15) is 0 Å². The van der Waals surface area contributed by atoms with Crippen LogP contribution in [0.2, 0.25) is 0 Å². The molecule has 0 aromatic carbocycles. The van der Waals surface area contributed by atoms with Crippen molar-refractivity contribution < 1.29 is 4.74 Å². The summed E-state index contributed by atoms with van der Waals surface area (Å²) in [5.41, 5.74) is 1.10. The van der Waals surface area contributed by atoms with Gasteiger partial charge in [0, 0.05) is 30.4 Å². The van der Waals surface area contributed by atoms with Crippen LogP contribution in [0.5, 0.6) is 5.88 Å². The number of allylic oxidation sites excluding steroid dienone is 1. The first kappa shape index (κ1) is 8.99. The maximum Gasteiger partial charge on any atom is 0.216 e. The lowest BCUT2D eigenvalue weighted by molar-refractivity contribution is 0.251. The van der Waals surface area contributed by atoms with E-state index >= 15 is 0 Å². The van der Waals surface area contributed by atoms with Gasteiger partial charge in [-0.3, -0.25) is 0 Å². The number of rotatable bonds is 3. The molecule has 0 spiro atoms. The Morgan fingerprint density at radius 3 is 3.21 bits per heavy atom. The van der Waals surface area contributed by atoms with Gasteiger partial charge in [-0.1, -0.05) is 6.58 Å². The summed E-state index contributed by atoms with van der Waals surface area (Å²) in [7, 11) is 0. The van der Waals surface area contributed by atoms with Crippen molar-refractivity contribution in [1.82, 2.24) is 15.3 Å². The first-order valence-electron chi connectivity index (χ1n) is 4.65. The fraction of sp³-hybridized carbons (Fsp3) is 0.400. The van der Waals surface area contributed by atoms with Crippen molar-refractivity contribution in [3.8, 4) is 5.88 Å². The summed E-state index contributed by atoms with van der Waals surface area (Å²) in [5.74, 6) is 1.15. The molecule has 0 bridgehead atoms. The summed E-state index contributed by atoms with van der Waals surface area (Å²) >= 11 is 0. The van der Waals surface area contributed by atoms with E-state index < -0.39 is 0 Å². The lowest BCUT2D eigenvalue weighted by Gasteiger charge is -2.08. The highest BCUT2D eigenvalue weighted by Gasteiger charge is 2.17. The SMILES string of the molecule is C=C1CC(COc2ccncn2)CN1. The zero-order chi connectivity index (χ0) is 9.80. The first-order valence-corrected chi connectivity index (χ1v) is 4.65. The zero-order valence-corrected chi connectivity index (χ0v) is 7.94. The van der Waals surface area contributed by atoms with E-state index in [2.05, 4.69) is 21.9 Å². The minimum atomic E-state index is 0.512. The van der Waals surface area contributed by atoms with E-state index in [0.29, 0.717) is 18.4 Å². The quantitative estimate of drug-likeness (QED) is 0.773. The summed E-state index contributed by atoms with van der Waals surface area (Å²) in [6.45, 7) is 5.50. The third-order valence-corrected chi connectivity index (χ3v) is 2.20. The number of hydrogen-bond acceptors (Lipinski definition) is 4. The molecule has 1 atom stereocenters. The van der Waals surface area contributed by atoms with E-state index in [1.807, 2.05) is 0 Å². The lowest BCUT2D eigenvalue weighted by atomic mass is 10.1. The first-order chi connectivity index (χ1) is 6.84. The highest BCUT2D eigenvalue weighted by Crippen LogP contribution is 2.16. The van der Waals surface area contributed by atoms with Crippen molar-refractivity contribution in [2.24, 2.45) is 5.92 Å². The number of ether oxygens (including phenoxy) is 1. The Kier molecular flexibility index (Phi) is 2.62. The van der Waals surface area contributed by atoms with Gasteiger partial charge < -0.3 is 10.1 Å². The molecule has 4 nitrogen and oxygen atoms in total. The van der Waals surface area contributed by atoms with E-state index in [9.17, 15) is 0 Å².